The van der Waals surface area contributed by atoms with Gasteiger partial charge < -0.3 is 14.8 Å². The highest BCUT2D eigenvalue weighted by Gasteiger charge is 2.23. The van der Waals surface area contributed by atoms with Crippen LogP contribution in [-0.2, 0) is 29.6 Å². The molecule has 0 aliphatic rings. The van der Waals surface area contributed by atoms with E-state index in [1.54, 1.807) is 6.07 Å². The van der Waals surface area contributed by atoms with Crippen molar-refractivity contribution in [2.75, 3.05) is 33.9 Å². The van der Waals surface area contributed by atoms with Crippen molar-refractivity contribution in [2.24, 2.45) is 0 Å². The molecular formula is C22H20F2IN3O7S2. The Bertz CT molecular complexity index is 1550. The Balaban J connectivity index is 2.09. The number of carbonyl (C=O) groups excluding carboxylic acids is 1. The van der Waals surface area contributed by atoms with Gasteiger partial charge in [-0.15, -0.1) is 0 Å². The van der Waals surface area contributed by atoms with Gasteiger partial charge in [-0.3, -0.25) is 14.2 Å². The predicted molar refractivity (Wildman–Crippen MR) is 143 cm³/mol. The van der Waals surface area contributed by atoms with Crippen LogP contribution in [0.1, 0.15) is 0 Å². The van der Waals surface area contributed by atoms with Crippen LogP contribution in [0.2, 0.25) is 0 Å². The Morgan fingerprint density at radius 3 is 2.35 bits per heavy atom. The van der Waals surface area contributed by atoms with E-state index in [0.29, 0.717) is 3.57 Å². The molecule has 10 nitrogen and oxygen atoms in total. The van der Waals surface area contributed by atoms with Crippen LogP contribution in [0.5, 0.6) is 11.5 Å². The number of anilines is 4. The van der Waals surface area contributed by atoms with E-state index in [4.69, 9.17) is 4.74 Å². The van der Waals surface area contributed by atoms with Crippen molar-refractivity contribution in [3.63, 3.8) is 0 Å². The topological polar surface area (TPSA) is 140 Å². The maximum Gasteiger partial charge on any atom is 0.322 e. The molecule has 0 aliphatic carbocycles. The first-order valence-corrected chi connectivity index (χ1v) is 14.8. The number of halogens is 3. The highest BCUT2D eigenvalue weighted by molar-refractivity contribution is 14.1. The first-order valence-electron chi connectivity index (χ1n) is 10.1. The standard InChI is InChI=1S/C22H20F2IN3O7S2/c1-34-21(29)12-37(32,33)28-22-19(26-18-7-6-14(25)10-17(18)24)8-13(23)9-20(22)35-16-5-3-4-15(11-16)27-36(2,30)31/h3-11,26-28H,12H2,1-2H3. The van der Waals surface area contributed by atoms with Crippen LogP contribution >= 0.6 is 22.6 Å². The molecular weight excluding hydrogens is 647 g/mol. The van der Waals surface area contributed by atoms with E-state index in [9.17, 15) is 30.4 Å². The summed E-state index contributed by atoms with van der Waals surface area (Å²) in [5.74, 6) is -4.04. The maximum absolute atomic E-state index is 14.6. The normalized spacial score (nSPS) is 11.5. The molecule has 3 aromatic rings. The van der Waals surface area contributed by atoms with Crippen LogP contribution in [0.15, 0.2) is 54.6 Å². The summed E-state index contributed by atoms with van der Waals surface area (Å²) in [7, 11) is -7.00. The third kappa shape index (κ3) is 8.43. The first-order chi connectivity index (χ1) is 17.2. The molecule has 3 aromatic carbocycles. The third-order valence-corrected chi connectivity index (χ3v) is 6.83. The van der Waals surface area contributed by atoms with Crippen molar-refractivity contribution in [3.05, 3.63) is 69.8 Å². The van der Waals surface area contributed by atoms with Gasteiger partial charge in [0.2, 0.25) is 20.0 Å². The molecule has 0 amide bonds. The lowest BCUT2D eigenvalue weighted by molar-refractivity contribution is -0.137. The van der Waals surface area contributed by atoms with Crippen molar-refractivity contribution in [1.29, 1.82) is 0 Å². The van der Waals surface area contributed by atoms with Crippen molar-refractivity contribution in [2.45, 2.75) is 0 Å². The Hall–Kier alpha value is -3.18. The number of benzene rings is 3. The van der Waals surface area contributed by atoms with Gasteiger partial charge in [-0.2, -0.15) is 0 Å². The molecule has 0 atom stereocenters. The molecule has 0 saturated carbocycles. The molecule has 198 valence electrons. The second-order valence-corrected chi connectivity index (χ2v) is 12.2. The van der Waals surface area contributed by atoms with Crippen LogP contribution in [0, 0.1) is 15.2 Å². The summed E-state index contributed by atoms with van der Waals surface area (Å²) in [6, 6.07) is 11.5. The SMILES string of the molecule is COC(=O)CS(=O)(=O)Nc1c(Nc2ccc(I)cc2F)cc(F)cc1Oc1cccc(NS(C)(=O)=O)c1. The molecule has 0 heterocycles. The van der Waals surface area contributed by atoms with Gasteiger partial charge in [0.05, 0.1) is 30.4 Å². The van der Waals surface area contributed by atoms with E-state index in [-0.39, 0.29) is 34.2 Å². The number of sulfonamides is 2. The minimum atomic E-state index is -4.39. The molecule has 15 heteroatoms. The van der Waals surface area contributed by atoms with Crippen LogP contribution < -0.4 is 19.5 Å². The number of rotatable bonds is 10. The van der Waals surface area contributed by atoms with E-state index in [1.165, 1.54) is 36.4 Å². The number of hydrogen-bond donors (Lipinski definition) is 3. The molecule has 0 unspecified atom stereocenters. The van der Waals surface area contributed by atoms with Gasteiger partial charge in [0.25, 0.3) is 0 Å². The summed E-state index contributed by atoms with van der Waals surface area (Å²) >= 11 is 1.90. The highest BCUT2D eigenvalue weighted by atomic mass is 127. The van der Waals surface area contributed by atoms with Crippen LogP contribution in [-0.4, -0.2) is 41.9 Å². The number of carbonyl (C=O) groups is 1. The molecule has 0 radical (unpaired) electrons. The largest absolute Gasteiger partial charge is 0.468 e. The van der Waals surface area contributed by atoms with Crippen molar-refractivity contribution in [3.8, 4) is 11.5 Å². The summed E-state index contributed by atoms with van der Waals surface area (Å²) in [6.07, 6.45) is 0.947. The minimum Gasteiger partial charge on any atom is -0.468 e. The zero-order valence-electron chi connectivity index (χ0n) is 19.2. The van der Waals surface area contributed by atoms with E-state index >= 15 is 0 Å². The second-order valence-electron chi connectivity index (χ2n) is 7.52. The summed E-state index contributed by atoms with van der Waals surface area (Å²) < 4.78 is 92.6. The maximum atomic E-state index is 14.6. The molecule has 3 rings (SSSR count). The van der Waals surface area contributed by atoms with Crippen LogP contribution in [0.4, 0.5) is 31.5 Å². The van der Waals surface area contributed by atoms with Crippen LogP contribution in [0.3, 0.4) is 0 Å². The Kier molecular flexibility index (Phi) is 8.80. The fraction of sp³-hybridized carbons (Fsp3) is 0.136. The molecule has 0 aromatic heterocycles. The summed E-state index contributed by atoms with van der Waals surface area (Å²) in [6.45, 7) is 0. The molecule has 0 saturated heterocycles. The fourth-order valence-corrected chi connectivity index (χ4v) is 5.00. The van der Waals surface area contributed by atoms with Crippen molar-refractivity contribution in [1.82, 2.24) is 0 Å². The summed E-state index contributed by atoms with van der Waals surface area (Å²) in [5, 5.41) is 2.63. The highest BCUT2D eigenvalue weighted by Crippen LogP contribution is 2.40. The van der Waals surface area contributed by atoms with Gasteiger partial charge in [0.1, 0.15) is 23.1 Å². The van der Waals surface area contributed by atoms with E-state index in [0.717, 1.165) is 25.5 Å². The summed E-state index contributed by atoms with van der Waals surface area (Å²) in [5.41, 5.74) is -0.535. The molecule has 0 aliphatic heterocycles. The number of methoxy groups -OCH3 is 1. The Morgan fingerprint density at radius 2 is 1.70 bits per heavy atom. The van der Waals surface area contributed by atoms with Crippen molar-refractivity contribution < 1.29 is 39.9 Å². The molecule has 0 bridgehead atoms. The number of esters is 1. The second kappa shape index (κ2) is 11.5. The lowest BCUT2D eigenvalue weighted by atomic mass is 10.2. The zero-order chi connectivity index (χ0) is 27.4. The lowest BCUT2D eigenvalue weighted by Crippen LogP contribution is -2.24. The minimum absolute atomic E-state index is 0.0130. The lowest BCUT2D eigenvalue weighted by Gasteiger charge is -2.19. The third-order valence-electron chi connectivity index (χ3n) is 4.43. The van der Waals surface area contributed by atoms with Crippen molar-refractivity contribution >= 4 is 71.4 Å². The van der Waals surface area contributed by atoms with Gasteiger partial charge in [0.15, 0.2) is 11.5 Å². The zero-order valence-corrected chi connectivity index (χ0v) is 23.0. The molecule has 37 heavy (non-hydrogen) atoms. The van der Waals surface area contributed by atoms with Gasteiger partial charge in [-0.05, 0) is 59.0 Å². The Labute approximate surface area is 225 Å². The van der Waals surface area contributed by atoms with Gasteiger partial charge in [-0.1, -0.05) is 6.07 Å². The van der Waals surface area contributed by atoms with E-state index < -0.39 is 43.4 Å². The monoisotopic (exact) mass is 667 g/mol. The van der Waals surface area contributed by atoms with Crippen LogP contribution in [0.25, 0.3) is 0 Å². The smallest absolute Gasteiger partial charge is 0.322 e. The number of ether oxygens (including phenoxy) is 2. The summed E-state index contributed by atoms with van der Waals surface area (Å²) in [4.78, 5) is 11.6. The van der Waals surface area contributed by atoms with Gasteiger partial charge in [-0.25, -0.2) is 25.6 Å². The predicted octanol–water partition coefficient (Wildman–Crippen LogP) is 4.39. The fourth-order valence-electron chi connectivity index (χ4n) is 2.97. The van der Waals surface area contributed by atoms with Gasteiger partial charge in [0, 0.05) is 15.7 Å². The Morgan fingerprint density at radius 1 is 0.973 bits per heavy atom. The molecule has 0 spiro atoms. The molecule has 3 N–H and O–H groups in total. The number of nitrogens with one attached hydrogen (secondary N) is 3. The quantitative estimate of drug-likeness (QED) is 0.214. The average molecular weight is 667 g/mol. The van der Waals surface area contributed by atoms with Gasteiger partial charge >= 0.3 is 5.97 Å². The first kappa shape index (κ1) is 28.4. The number of hydrogen-bond acceptors (Lipinski definition) is 8. The van der Waals surface area contributed by atoms with E-state index in [1.807, 2.05) is 22.6 Å². The average Bonchev–Trinajstić information content (AvgIpc) is 2.76. The molecule has 0 fully saturated rings. The van der Waals surface area contributed by atoms with E-state index in [2.05, 4.69) is 19.5 Å².